The predicted molar refractivity (Wildman–Crippen MR) is 96.4 cm³/mol. The van der Waals surface area contributed by atoms with Crippen LogP contribution < -0.4 is 0 Å². The Bertz CT molecular complexity index is 677. The molecule has 1 atom stereocenters. The van der Waals surface area contributed by atoms with E-state index >= 15 is 0 Å². The summed E-state index contributed by atoms with van der Waals surface area (Å²) in [5.41, 5.74) is 0. The molecule has 0 aromatic carbocycles. The average molecular weight is 358 g/mol. The van der Waals surface area contributed by atoms with Gasteiger partial charge in [-0.25, -0.2) is 0 Å². The van der Waals surface area contributed by atoms with Crippen LogP contribution in [0.4, 0.5) is 0 Å². The van der Waals surface area contributed by atoms with E-state index in [4.69, 9.17) is 9.47 Å². The Balaban J connectivity index is 4.31. The molecule has 0 saturated carbocycles. The van der Waals surface area contributed by atoms with Crippen LogP contribution in [0, 0.1) is 23.7 Å². The molecule has 138 valence electrons. The maximum Gasteiger partial charge on any atom is 0.303 e. The van der Waals surface area contributed by atoms with Gasteiger partial charge in [0.2, 0.25) is 0 Å². The molecule has 0 aromatic rings. The van der Waals surface area contributed by atoms with Gasteiger partial charge in [0, 0.05) is 27.2 Å². The lowest BCUT2D eigenvalue weighted by Crippen LogP contribution is -2.17. The van der Waals surface area contributed by atoms with Crippen molar-refractivity contribution < 1.29 is 28.6 Å². The van der Waals surface area contributed by atoms with Gasteiger partial charge < -0.3 is 14.2 Å². The van der Waals surface area contributed by atoms with Gasteiger partial charge in [-0.1, -0.05) is 24.0 Å². The largest absolute Gasteiger partial charge is 0.466 e. The minimum atomic E-state index is -0.480. The van der Waals surface area contributed by atoms with Gasteiger partial charge in [-0.3, -0.25) is 14.4 Å². The molecule has 0 heterocycles. The Morgan fingerprint density at radius 2 is 1.54 bits per heavy atom. The molecule has 1 unspecified atom stereocenters. The fraction of sp³-hybridized carbons (Fsp3) is 0.350. The van der Waals surface area contributed by atoms with Crippen LogP contribution in [0.3, 0.4) is 0 Å². The van der Waals surface area contributed by atoms with Gasteiger partial charge in [0.25, 0.3) is 0 Å². The molecule has 0 bridgehead atoms. The number of allylic oxidation sites excluding steroid dienone is 4. The SMILES string of the molecule is CC(=O)OCC=CC#CC#CC=CC=CC(CCOC(C)=O)OC(C)=O. The summed E-state index contributed by atoms with van der Waals surface area (Å²) in [6, 6.07) is 0. The van der Waals surface area contributed by atoms with E-state index < -0.39 is 12.1 Å². The van der Waals surface area contributed by atoms with Crippen LogP contribution in [0.1, 0.15) is 27.2 Å². The standard InChI is InChI=1S/C20H22O6/c1-17(21)24-15-12-10-8-6-4-5-7-9-11-13-20(26-19(3)23)14-16-25-18(2)22/h7,9-13,20H,14-16H2,1-3H3. The van der Waals surface area contributed by atoms with Gasteiger partial charge in [0.05, 0.1) is 6.61 Å². The first kappa shape index (κ1) is 22.8. The van der Waals surface area contributed by atoms with Crippen molar-refractivity contribution in [2.75, 3.05) is 13.2 Å². The number of carbonyl (C=O) groups is 3. The molecular formula is C20H22O6. The summed E-state index contributed by atoms with van der Waals surface area (Å²) in [7, 11) is 0. The number of ether oxygens (including phenoxy) is 3. The molecule has 0 N–H and O–H groups in total. The maximum absolute atomic E-state index is 11.0. The van der Waals surface area contributed by atoms with Crippen LogP contribution in [0.5, 0.6) is 0 Å². The van der Waals surface area contributed by atoms with Crippen LogP contribution >= 0.6 is 0 Å². The quantitative estimate of drug-likeness (QED) is 0.286. The predicted octanol–water partition coefficient (Wildman–Crippen LogP) is 2.11. The Morgan fingerprint density at radius 1 is 0.885 bits per heavy atom. The Morgan fingerprint density at radius 3 is 2.15 bits per heavy atom. The fourth-order valence-electron chi connectivity index (χ4n) is 1.45. The number of hydrogen-bond acceptors (Lipinski definition) is 6. The zero-order chi connectivity index (χ0) is 19.6. The first-order valence-electron chi connectivity index (χ1n) is 7.85. The van der Waals surface area contributed by atoms with E-state index in [0.29, 0.717) is 6.42 Å². The summed E-state index contributed by atoms with van der Waals surface area (Å²) >= 11 is 0. The van der Waals surface area contributed by atoms with E-state index in [9.17, 15) is 14.4 Å². The summed E-state index contributed by atoms with van der Waals surface area (Å²) in [4.78, 5) is 32.3. The van der Waals surface area contributed by atoms with Crippen LogP contribution in [0.25, 0.3) is 0 Å². The molecule has 0 aliphatic rings. The van der Waals surface area contributed by atoms with Crippen LogP contribution in [-0.4, -0.2) is 37.2 Å². The Hall–Kier alpha value is -3.25. The highest BCUT2D eigenvalue weighted by Crippen LogP contribution is 2.02. The third-order valence-corrected chi connectivity index (χ3v) is 2.43. The van der Waals surface area contributed by atoms with Crippen molar-refractivity contribution in [3.05, 3.63) is 36.5 Å². The van der Waals surface area contributed by atoms with E-state index in [2.05, 4.69) is 28.4 Å². The van der Waals surface area contributed by atoms with Crippen LogP contribution in [0.15, 0.2) is 36.5 Å². The first-order chi connectivity index (χ1) is 12.4. The topological polar surface area (TPSA) is 78.9 Å². The minimum Gasteiger partial charge on any atom is -0.466 e. The Kier molecular flexibility index (Phi) is 13.4. The minimum absolute atomic E-state index is 0.168. The van der Waals surface area contributed by atoms with Crippen LogP contribution in [-0.2, 0) is 28.6 Å². The molecular weight excluding hydrogens is 336 g/mol. The van der Waals surface area contributed by atoms with E-state index in [1.54, 1.807) is 36.5 Å². The van der Waals surface area contributed by atoms with Crippen molar-refractivity contribution in [3.63, 3.8) is 0 Å². The van der Waals surface area contributed by atoms with Crippen molar-refractivity contribution in [1.29, 1.82) is 0 Å². The second kappa shape index (κ2) is 15.3. The molecule has 0 spiro atoms. The summed E-state index contributed by atoms with van der Waals surface area (Å²) in [5.74, 6) is 9.48. The molecule has 6 heteroatoms. The molecule has 0 rings (SSSR count). The van der Waals surface area contributed by atoms with Crippen molar-refractivity contribution in [1.82, 2.24) is 0 Å². The van der Waals surface area contributed by atoms with Crippen molar-refractivity contribution in [2.45, 2.75) is 33.3 Å². The highest BCUT2D eigenvalue weighted by atomic mass is 16.6. The van der Waals surface area contributed by atoms with E-state index in [-0.39, 0.29) is 25.2 Å². The van der Waals surface area contributed by atoms with Gasteiger partial charge >= 0.3 is 17.9 Å². The number of rotatable bonds is 8. The lowest BCUT2D eigenvalue weighted by molar-refractivity contribution is -0.146. The van der Waals surface area contributed by atoms with Gasteiger partial charge in [-0.15, -0.1) is 0 Å². The Labute approximate surface area is 153 Å². The maximum atomic E-state index is 11.0. The zero-order valence-corrected chi connectivity index (χ0v) is 15.1. The number of carbonyl (C=O) groups excluding carboxylic acids is 3. The van der Waals surface area contributed by atoms with Crippen LogP contribution in [0.2, 0.25) is 0 Å². The normalized spacial score (nSPS) is 11.3. The van der Waals surface area contributed by atoms with Gasteiger partial charge in [-0.05, 0) is 36.1 Å². The van der Waals surface area contributed by atoms with Gasteiger partial charge in [-0.2, -0.15) is 0 Å². The van der Waals surface area contributed by atoms with E-state index in [1.807, 2.05) is 0 Å². The highest BCUT2D eigenvalue weighted by Gasteiger charge is 2.08. The molecule has 0 radical (unpaired) electrons. The highest BCUT2D eigenvalue weighted by molar-refractivity contribution is 5.66. The molecule has 0 aromatic heterocycles. The lowest BCUT2D eigenvalue weighted by Gasteiger charge is -2.12. The van der Waals surface area contributed by atoms with Crippen molar-refractivity contribution in [2.24, 2.45) is 0 Å². The van der Waals surface area contributed by atoms with E-state index in [1.165, 1.54) is 20.8 Å². The third-order valence-electron chi connectivity index (χ3n) is 2.43. The zero-order valence-electron chi connectivity index (χ0n) is 15.1. The van der Waals surface area contributed by atoms with Crippen molar-refractivity contribution >= 4 is 17.9 Å². The molecule has 0 fully saturated rings. The third kappa shape index (κ3) is 17.1. The number of esters is 3. The van der Waals surface area contributed by atoms with Crippen molar-refractivity contribution in [3.8, 4) is 23.7 Å². The molecule has 26 heavy (non-hydrogen) atoms. The summed E-state index contributed by atoms with van der Waals surface area (Å²) in [6.07, 6.45) is 9.67. The van der Waals surface area contributed by atoms with Gasteiger partial charge in [0.15, 0.2) is 0 Å². The lowest BCUT2D eigenvalue weighted by atomic mass is 10.2. The second-order valence-electron chi connectivity index (χ2n) is 4.76. The molecule has 0 aliphatic carbocycles. The summed E-state index contributed by atoms with van der Waals surface area (Å²) in [5, 5.41) is 0. The fourth-order valence-corrected chi connectivity index (χ4v) is 1.45. The number of hydrogen-bond donors (Lipinski definition) is 0. The molecule has 0 saturated heterocycles. The molecule has 0 aliphatic heterocycles. The second-order valence-corrected chi connectivity index (χ2v) is 4.76. The summed E-state index contributed by atoms with van der Waals surface area (Å²) in [6.45, 7) is 4.31. The average Bonchev–Trinajstić information content (AvgIpc) is 2.54. The first-order valence-corrected chi connectivity index (χ1v) is 7.85. The molecule has 0 amide bonds. The summed E-state index contributed by atoms with van der Waals surface area (Å²) < 4.78 is 14.6. The van der Waals surface area contributed by atoms with Gasteiger partial charge in [0.1, 0.15) is 12.7 Å². The van der Waals surface area contributed by atoms with E-state index in [0.717, 1.165) is 0 Å². The smallest absolute Gasteiger partial charge is 0.303 e. The molecule has 6 nitrogen and oxygen atoms in total. The monoisotopic (exact) mass is 358 g/mol.